The monoisotopic (exact) mass is 408 g/mol. The van der Waals surface area contributed by atoms with E-state index >= 15 is 0 Å². The molecule has 0 radical (unpaired) electrons. The number of carbonyl (C=O) groups excluding carboxylic acids is 3. The highest BCUT2D eigenvalue weighted by atomic mass is 16.2. The molecule has 1 N–H and O–H groups in total. The average molecular weight is 408 g/mol. The van der Waals surface area contributed by atoms with Gasteiger partial charge in [-0.05, 0) is 27.8 Å². The van der Waals surface area contributed by atoms with Gasteiger partial charge in [-0.15, -0.1) is 0 Å². The molecule has 0 saturated carbocycles. The fourth-order valence-electron chi connectivity index (χ4n) is 5.73. The highest BCUT2D eigenvalue weighted by molar-refractivity contribution is 6.08. The molecule has 3 aliphatic carbocycles. The Hall–Kier alpha value is -3.73. The van der Waals surface area contributed by atoms with Gasteiger partial charge in [-0.2, -0.15) is 5.01 Å². The molecule has 5 nitrogen and oxygen atoms in total. The van der Waals surface area contributed by atoms with E-state index in [0.29, 0.717) is 0 Å². The van der Waals surface area contributed by atoms with Crippen molar-refractivity contribution in [2.24, 2.45) is 11.8 Å². The normalized spacial score (nSPS) is 25.1. The lowest BCUT2D eigenvalue weighted by Gasteiger charge is -2.45. The lowest BCUT2D eigenvalue weighted by atomic mass is 9.55. The maximum atomic E-state index is 13.4. The Morgan fingerprint density at radius 2 is 1.10 bits per heavy atom. The Morgan fingerprint density at radius 3 is 1.55 bits per heavy atom. The van der Waals surface area contributed by atoms with Gasteiger partial charge in [0.15, 0.2) is 0 Å². The zero-order valence-corrected chi connectivity index (χ0v) is 16.7. The molecule has 1 aliphatic heterocycles. The fourth-order valence-corrected chi connectivity index (χ4v) is 5.73. The van der Waals surface area contributed by atoms with Crippen molar-refractivity contribution in [1.82, 2.24) is 10.4 Å². The second-order valence-corrected chi connectivity index (χ2v) is 8.47. The first kappa shape index (κ1) is 18.1. The van der Waals surface area contributed by atoms with Crippen molar-refractivity contribution in [3.05, 3.63) is 107 Å². The number of hydrogen-bond acceptors (Lipinski definition) is 3. The molecule has 1 saturated heterocycles. The number of amides is 3. The third kappa shape index (κ3) is 2.53. The van der Waals surface area contributed by atoms with Crippen LogP contribution in [0.4, 0.5) is 0 Å². The maximum Gasteiger partial charge on any atom is 0.253 e. The minimum Gasteiger partial charge on any atom is -0.273 e. The van der Waals surface area contributed by atoms with Crippen LogP contribution < -0.4 is 5.43 Å². The summed E-state index contributed by atoms with van der Waals surface area (Å²) >= 11 is 0. The van der Waals surface area contributed by atoms with E-state index in [2.05, 4.69) is 29.7 Å². The van der Waals surface area contributed by atoms with Gasteiger partial charge in [-0.1, -0.05) is 78.9 Å². The largest absolute Gasteiger partial charge is 0.273 e. The standard InChI is InChI=1S/C26H20N2O3/c29-20(14-15-8-2-1-3-9-15)27-28-25(30)23-21-16-10-4-5-11-17(16)22(24(23)26(28)31)19-13-7-6-12-18(19)21/h1-13,21-24H,14H2,(H,27,29)/t21?,22?,23-,24?/m0/s1. The van der Waals surface area contributed by atoms with E-state index in [1.807, 2.05) is 54.6 Å². The lowest BCUT2D eigenvalue weighted by Crippen LogP contribution is -2.47. The molecule has 1 unspecified atom stereocenters. The van der Waals surface area contributed by atoms with E-state index in [4.69, 9.17) is 0 Å². The molecule has 2 bridgehead atoms. The van der Waals surface area contributed by atoms with E-state index in [0.717, 1.165) is 32.8 Å². The highest BCUT2D eigenvalue weighted by Gasteiger charge is 2.61. The first-order valence-corrected chi connectivity index (χ1v) is 10.5. The number of nitrogens with zero attached hydrogens (tertiary/aromatic N) is 1. The van der Waals surface area contributed by atoms with E-state index in [1.54, 1.807) is 0 Å². The van der Waals surface area contributed by atoms with E-state index in [9.17, 15) is 14.4 Å². The van der Waals surface area contributed by atoms with Crippen LogP contribution in [0.3, 0.4) is 0 Å². The smallest absolute Gasteiger partial charge is 0.253 e. The number of hydrogen-bond donors (Lipinski definition) is 1. The maximum absolute atomic E-state index is 13.4. The Balaban J connectivity index is 1.37. The molecule has 152 valence electrons. The van der Waals surface area contributed by atoms with Crippen molar-refractivity contribution in [3.8, 4) is 0 Å². The molecular formula is C26H20N2O3. The summed E-state index contributed by atoms with van der Waals surface area (Å²) in [5.74, 6) is -2.30. The van der Waals surface area contributed by atoms with Gasteiger partial charge in [0, 0.05) is 11.8 Å². The quantitative estimate of drug-likeness (QED) is 0.677. The van der Waals surface area contributed by atoms with Gasteiger partial charge in [-0.3, -0.25) is 19.8 Å². The minimum atomic E-state index is -0.487. The van der Waals surface area contributed by atoms with Crippen LogP contribution in [0.5, 0.6) is 0 Å². The molecule has 3 aromatic rings. The Morgan fingerprint density at radius 1 is 0.677 bits per heavy atom. The van der Waals surface area contributed by atoms with Crippen molar-refractivity contribution < 1.29 is 14.4 Å². The van der Waals surface area contributed by atoms with Crippen molar-refractivity contribution in [1.29, 1.82) is 0 Å². The summed E-state index contributed by atoms with van der Waals surface area (Å²) in [6, 6.07) is 25.5. The summed E-state index contributed by atoms with van der Waals surface area (Å²) in [5.41, 5.74) is 7.90. The van der Waals surface area contributed by atoms with Crippen LogP contribution in [0.2, 0.25) is 0 Å². The van der Waals surface area contributed by atoms with Crippen LogP contribution in [0, 0.1) is 11.8 Å². The molecule has 5 heteroatoms. The number of rotatable bonds is 3. The third-order valence-corrected chi connectivity index (χ3v) is 6.89. The number of hydrazine groups is 1. The molecule has 2 atom stereocenters. The van der Waals surface area contributed by atoms with Gasteiger partial charge >= 0.3 is 0 Å². The minimum absolute atomic E-state index is 0.112. The summed E-state index contributed by atoms with van der Waals surface area (Å²) in [5, 5.41) is 0.984. The average Bonchev–Trinajstić information content (AvgIpc) is 3.05. The SMILES string of the molecule is O=C(Cc1ccccc1)NN1C(=O)C2C3c4ccccc4C(c4ccccc43)[C@@H]2C1=O. The third-order valence-electron chi connectivity index (χ3n) is 6.89. The number of nitrogens with one attached hydrogen (secondary N) is 1. The molecule has 4 aliphatic rings. The van der Waals surface area contributed by atoms with Gasteiger partial charge in [-0.25, -0.2) is 0 Å². The Labute approximate surface area is 179 Å². The van der Waals surface area contributed by atoms with Crippen LogP contribution >= 0.6 is 0 Å². The van der Waals surface area contributed by atoms with Crippen LogP contribution in [0.15, 0.2) is 78.9 Å². The lowest BCUT2D eigenvalue weighted by molar-refractivity contribution is -0.149. The van der Waals surface area contributed by atoms with Crippen molar-refractivity contribution in [2.45, 2.75) is 18.3 Å². The molecular weight excluding hydrogens is 388 g/mol. The van der Waals surface area contributed by atoms with Gasteiger partial charge in [0.25, 0.3) is 11.8 Å². The second kappa shape index (κ2) is 6.64. The van der Waals surface area contributed by atoms with E-state index < -0.39 is 11.8 Å². The number of carbonyl (C=O) groups is 3. The van der Waals surface area contributed by atoms with Crippen LogP contribution in [-0.2, 0) is 20.8 Å². The highest BCUT2D eigenvalue weighted by Crippen LogP contribution is 2.60. The molecule has 31 heavy (non-hydrogen) atoms. The van der Waals surface area contributed by atoms with Gasteiger partial charge < -0.3 is 0 Å². The van der Waals surface area contributed by atoms with Crippen molar-refractivity contribution in [3.63, 3.8) is 0 Å². The molecule has 0 spiro atoms. The predicted octanol–water partition coefficient (Wildman–Crippen LogP) is 3.15. The Kier molecular flexibility index (Phi) is 3.87. The van der Waals surface area contributed by atoms with Gasteiger partial charge in [0.2, 0.25) is 5.91 Å². The zero-order valence-electron chi connectivity index (χ0n) is 16.7. The number of benzene rings is 3. The van der Waals surface area contributed by atoms with Crippen molar-refractivity contribution >= 4 is 17.7 Å². The van der Waals surface area contributed by atoms with Gasteiger partial charge in [0.05, 0.1) is 18.3 Å². The molecule has 1 fully saturated rings. The Bertz CT molecular complexity index is 1120. The summed E-state index contributed by atoms with van der Waals surface area (Å²) in [4.78, 5) is 39.5. The van der Waals surface area contributed by atoms with E-state index in [-0.39, 0.29) is 36.0 Å². The van der Waals surface area contributed by atoms with Crippen LogP contribution in [-0.4, -0.2) is 22.7 Å². The first-order valence-electron chi connectivity index (χ1n) is 10.5. The number of imide groups is 1. The second-order valence-electron chi connectivity index (χ2n) is 8.47. The first-order chi connectivity index (χ1) is 15.1. The molecule has 7 rings (SSSR count). The summed E-state index contributed by atoms with van der Waals surface area (Å²) in [7, 11) is 0. The molecule has 1 heterocycles. The zero-order chi connectivity index (χ0) is 21.1. The summed E-state index contributed by atoms with van der Waals surface area (Å²) in [6.07, 6.45) is 0.112. The molecule has 3 aromatic carbocycles. The van der Waals surface area contributed by atoms with E-state index in [1.165, 1.54) is 0 Å². The fraction of sp³-hybridized carbons (Fsp3) is 0.192. The van der Waals surface area contributed by atoms with Crippen molar-refractivity contribution in [2.75, 3.05) is 0 Å². The van der Waals surface area contributed by atoms with Crippen LogP contribution in [0.1, 0.15) is 39.7 Å². The van der Waals surface area contributed by atoms with Crippen LogP contribution in [0.25, 0.3) is 0 Å². The summed E-state index contributed by atoms with van der Waals surface area (Å²) < 4.78 is 0. The predicted molar refractivity (Wildman–Crippen MR) is 114 cm³/mol. The topological polar surface area (TPSA) is 66.5 Å². The van der Waals surface area contributed by atoms with Gasteiger partial charge in [0.1, 0.15) is 0 Å². The summed E-state index contributed by atoms with van der Waals surface area (Å²) in [6.45, 7) is 0. The molecule has 0 aromatic heterocycles. The molecule has 3 amide bonds.